The highest BCUT2D eigenvalue weighted by atomic mass is 16.5. The minimum Gasteiger partial charge on any atom is -0.497 e. The van der Waals surface area contributed by atoms with Crippen LogP contribution in [0, 0.1) is 0 Å². The van der Waals surface area contributed by atoms with Crippen molar-refractivity contribution in [1.29, 1.82) is 0 Å². The third-order valence-corrected chi connectivity index (χ3v) is 3.18. The van der Waals surface area contributed by atoms with Crippen molar-refractivity contribution in [3.63, 3.8) is 0 Å². The standard InChI is InChI=1S/C14H21NO2/c1-16-14-6-2-4-12(10-14)11-15-13-5-3-8-17-9-7-13/h2,4,6,10,13,15H,3,5,7-9,11H2,1H3. The van der Waals surface area contributed by atoms with Crippen molar-refractivity contribution < 1.29 is 9.47 Å². The molecule has 1 aromatic rings. The van der Waals surface area contributed by atoms with Gasteiger partial charge in [0.05, 0.1) is 7.11 Å². The second kappa shape index (κ2) is 6.62. The molecule has 0 spiro atoms. The molecule has 0 aromatic heterocycles. The summed E-state index contributed by atoms with van der Waals surface area (Å²) in [6.45, 7) is 2.70. The minimum absolute atomic E-state index is 0.587. The van der Waals surface area contributed by atoms with Crippen LogP contribution in [0.4, 0.5) is 0 Å². The van der Waals surface area contributed by atoms with Gasteiger partial charge in [0, 0.05) is 25.8 Å². The summed E-state index contributed by atoms with van der Waals surface area (Å²) < 4.78 is 10.7. The summed E-state index contributed by atoms with van der Waals surface area (Å²) in [6.07, 6.45) is 3.49. The van der Waals surface area contributed by atoms with Crippen molar-refractivity contribution in [2.45, 2.75) is 31.8 Å². The molecule has 3 heteroatoms. The van der Waals surface area contributed by atoms with E-state index < -0.39 is 0 Å². The maximum atomic E-state index is 5.45. The molecule has 2 rings (SSSR count). The molecule has 0 bridgehead atoms. The Bertz CT molecular complexity index is 333. The van der Waals surface area contributed by atoms with Crippen LogP contribution in [0.2, 0.25) is 0 Å². The fraction of sp³-hybridized carbons (Fsp3) is 0.571. The van der Waals surface area contributed by atoms with Crippen LogP contribution in [0.1, 0.15) is 24.8 Å². The van der Waals surface area contributed by atoms with Crippen LogP contribution in [-0.4, -0.2) is 26.4 Å². The largest absolute Gasteiger partial charge is 0.497 e. The van der Waals surface area contributed by atoms with Crippen molar-refractivity contribution in [1.82, 2.24) is 5.32 Å². The Kier molecular flexibility index (Phi) is 4.83. The third-order valence-electron chi connectivity index (χ3n) is 3.18. The highest BCUT2D eigenvalue weighted by Crippen LogP contribution is 2.14. The smallest absolute Gasteiger partial charge is 0.119 e. The van der Waals surface area contributed by atoms with E-state index >= 15 is 0 Å². The Morgan fingerprint density at radius 3 is 3.18 bits per heavy atom. The molecule has 1 unspecified atom stereocenters. The zero-order chi connectivity index (χ0) is 11.9. The number of hydrogen-bond acceptors (Lipinski definition) is 3. The van der Waals surface area contributed by atoms with E-state index in [1.54, 1.807) is 7.11 Å². The van der Waals surface area contributed by atoms with Gasteiger partial charge in [-0.1, -0.05) is 12.1 Å². The van der Waals surface area contributed by atoms with Crippen molar-refractivity contribution in [2.75, 3.05) is 20.3 Å². The molecular weight excluding hydrogens is 214 g/mol. The zero-order valence-corrected chi connectivity index (χ0v) is 10.4. The first-order valence-corrected chi connectivity index (χ1v) is 6.32. The van der Waals surface area contributed by atoms with Crippen LogP contribution in [0.3, 0.4) is 0 Å². The first kappa shape index (κ1) is 12.4. The Morgan fingerprint density at radius 2 is 2.29 bits per heavy atom. The zero-order valence-electron chi connectivity index (χ0n) is 10.4. The van der Waals surface area contributed by atoms with E-state index in [2.05, 4.69) is 17.4 Å². The molecule has 17 heavy (non-hydrogen) atoms. The number of rotatable bonds is 4. The minimum atomic E-state index is 0.587. The summed E-state index contributed by atoms with van der Waals surface area (Å²) in [5.74, 6) is 0.925. The van der Waals surface area contributed by atoms with Crippen LogP contribution in [0.15, 0.2) is 24.3 Å². The lowest BCUT2D eigenvalue weighted by molar-refractivity contribution is 0.142. The van der Waals surface area contributed by atoms with E-state index in [0.717, 1.165) is 38.3 Å². The normalized spacial score (nSPS) is 20.9. The van der Waals surface area contributed by atoms with Crippen LogP contribution < -0.4 is 10.1 Å². The Morgan fingerprint density at radius 1 is 1.35 bits per heavy atom. The lowest BCUT2D eigenvalue weighted by Crippen LogP contribution is -2.28. The molecule has 0 saturated carbocycles. The monoisotopic (exact) mass is 235 g/mol. The van der Waals surface area contributed by atoms with Gasteiger partial charge in [-0.05, 0) is 37.0 Å². The lowest BCUT2D eigenvalue weighted by Gasteiger charge is -2.15. The molecule has 1 aromatic carbocycles. The van der Waals surface area contributed by atoms with Gasteiger partial charge in [-0.25, -0.2) is 0 Å². The van der Waals surface area contributed by atoms with Crippen molar-refractivity contribution in [3.8, 4) is 5.75 Å². The maximum absolute atomic E-state index is 5.45. The second-order valence-electron chi connectivity index (χ2n) is 4.47. The molecule has 0 amide bonds. The summed E-state index contributed by atoms with van der Waals surface area (Å²) in [5, 5.41) is 3.59. The van der Waals surface area contributed by atoms with Gasteiger partial charge in [-0.2, -0.15) is 0 Å². The van der Waals surface area contributed by atoms with E-state index in [4.69, 9.17) is 9.47 Å². The third kappa shape index (κ3) is 4.02. The van der Waals surface area contributed by atoms with Gasteiger partial charge in [-0.15, -0.1) is 0 Å². The molecule has 1 aliphatic heterocycles. The molecule has 1 saturated heterocycles. The van der Waals surface area contributed by atoms with Gasteiger partial charge in [0.1, 0.15) is 5.75 Å². The average Bonchev–Trinajstić information content (AvgIpc) is 2.65. The number of methoxy groups -OCH3 is 1. The fourth-order valence-electron chi connectivity index (χ4n) is 2.15. The number of hydrogen-bond donors (Lipinski definition) is 1. The van der Waals surface area contributed by atoms with Crippen molar-refractivity contribution >= 4 is 0 Å². The molecule has 94 valence electrons. The Hall–Kier alpha value is -1.06. The van der Waals surface area contributed by atoms with E-state index in [-0.39, 0.29) is 0 Å². The molecule has 1 fully saturated rings. The Balaban J connectivity index is 1.83. The highest BCUT2D eigenvalue weighted by Gasteiger charge is 2.11. The highest BCUT2D eigenvalue weighted by molar-refractivity contribution is 5.28. The molecule has 1 heterocycles. The number of benzene rings is 1. The van der Waals surface area contributed by atoms with Gasteiger partial charge in [0.25, 0.3) is 0 Å². The SMILES string of the molecule is COc1cccc(CNC2CCCOCC2)c1. The maximum Gasteiger partial charge on any atom is 0.119 e. The van der Waals surface area contributed by atoms with E-state index in [1.807, 2.05) is 12.1 Å². The predicted molar refractivity (Wildman–Crippen MR) is 68.3 cm³/mol. The van der Waals surface area contributed by atoms with E-state index in [9.17, 15) is 0 Å². The van der Waals surface area contributed by atoms with Crippen LogP contribution >= 0.6 is 0 Å². The molecule has 1 atom stereocenters. The number of nitrogens with one attached hydrogen (secondary N) is 1. The summed E-state index contributed by atoms with van der Waals surface area (Å²) in [7, 11) is 1.70. The quantitative estimate of drug-likeness (QED) is 0.869. The lowest BCUT2D eigenvalue weighted by atomic mass is 10.1. The molecular formula is C14H21NO2. The predicted octanol–water partition coefficient (Wildman–Crippen LogP) is 2.35. The van der Waals surface area contributed by atoms with Gasteiger partial charge < -0.3 is 14.8 Å². The number of ether oxygens (including phenoxy) is 2. The molecule has 3 nitrogen and oxygen atoms in total. The van der Waals surface area contributed by atoms with Gasteiger partial charge in [-0.3, -0.25) is 0 Å². The first-order chi connectivity index (χ1) is 8.38. The summed E-state index contributed by atoms with van der Waals surface area (Å²) in [6, 6.07) is 8.81. The van der Waals surface area contributed by atoms with Gasteiger partial charge >= 0.3 is 0 Å². The van der Waals surface area contributed by atoms with E-state index in [0.29, 0.717) is 6.04 Å². The van der Waals surface area contributed by atoms with Crippen LogP contribution in [-0.2, 0) is 11.3 Å². The topological polar surface area (TPSA) is 30.5 Å². The van der Waals surface area contributed by atoms with E-state index in [1.165, 1.54) is 12.0 Å². The van der Waals surface area contributed by atoms with Crippen LogP contribution in [0.5, 0.6) is 5.75 Å². The van der Waals surface area contributed by atoms with Crippen molar-refractivity contribution in [3.05, 3.63) is 29.8 Å². The summed E-state index contributed by atoms with van der Waals surface area (Å²) >= 11 is 0. The first-order valence-electron chi connectivity index (χ1n) is 6.32. The van der Waals surface area contributed by atoms with Gasteiger partial charge in [0.2, 0.25) is 0 Å². The van der Waals surface area contributed by atoms with Crippen molar-refractivity contribution in [2.24, 2.45) is 0 Å². The van der Waals surface area contributed by atoms with Gasteiger partial charge in [0.15, 0.2) is 0 Å². The summed E-state index contributed by atoms with van der Waals surface area (Å²) in [4.78, 5) is 0. The molecule has 1 aliphatic rings. The molecule has 0 radical (unpaired) electrons. The molecule has 1 N–H and O–H groups in total. The Labute approximate surface area is 103 Å². The summed E-state index contributed by atoms with van der Waals surface area (Å²) in [5.41, 5.74) is 1.27. The molecule has 0 aliphatic carbocycles. The fourth-order valence-corrected chi connectivity index (χ4v) is 2.15. The van der Waals surface area contributed by atoms with Crippen LogP contribution in [0.25, 0.3) is 0 Å². The second-order valence-corrected chi connectivity index (χ2v) is 4.47. The average molecular weight is 235 g/mol.